The van der Waals surface area contributed by atoms with Crippen LogP contribution in [0.2, 0.25) is 0 Å². The van der Waals surface area contributed by atoms with Crippen LogP contribution < -0.4 is 15.4 Å². The predicted molar refractivity (Wildman–Crippen MR) is 83.7 cm³/mol. The highest BCUT2D eigenvalue weighted by Gasteiger charge is 2.18. The summed E-state index contributed by atoms with van der Waals surface area (Å²) in [6.45, 7) is -1.19. The van der Waals surface area contributed by atoms with Gasteiger partial charge in [0.25, 0.3) is 5.91 Å². The van der Waals surface area contributed by atoms with Crippen molar-refractivity contribution in [3.05, 3.63) is 65.1 Å². The molecule has 2 aromatic rings. The first-order valence-corrected chi connectivity index (χ1v) is 7.23. The summed E-state index contributed by atoms with van der Waals surface area (Å²) < 4.78 is 30.7. The van der Waals surface area contributed by atoms with Gasteiger partial charge in [-0.15, -0.1) is 0 Å². The van der Waals surface area contributed by atoms with Crippen LogP contribution in [-0.4, -0.2) is 30.9 Å². The summed E-state index contributed by atoms with van der Waals surface area (Å²) in [5.41, 5.74) is -0.282. The van der Waals surface area contributed by atoms with Crippen LogP contribution in [0.3, 0.4) is 0 Å². The van der Waals surface area contributed by atoms with E-state index in [-0.39, 0.29) is 16.1 Å². The zero-order chi connectivity index (χ0) is 19.1. The average molecular weight is 365 g/mol. The van der Waals surface area contributed by atoms with Crippen molar-refractivity contribution in [1.29, 1.82) is 0 Å². The maximum Gasteiger partial charge on any atom is 0.405 e. The van der Waals surface area contributed by atoms with Gasteiger partial charge in [0.05, 0.1) is 6.54 Å². The van der Waals surface area contributed by atoms with Gasteiger partial charge in [0, 0.05) is 23.9 Å². The van der Waals surface area contributed by atoms with Crippen molar-refractivity contribution in [2.24, 2.45) is 0 Å². The van der Waals surface area contributed by atoms with Crippen molar-refractivity contribution < 1.29 is 32.6 Å². The Hall–Kier alpha value is -3.56. The van der Waals surface area contributed by atoms with Crippen LogP contribution in [0.15, 0.2) is 42.6 Å². The Morgan fingerprint density at radius 3 is 2.54 bits per heavy atom. The molecule has 0 aliphatic rings. The second-order valence-corrected chi connectivity index (χ2v) is 4.94. The van der Waals surface area contributed by atoms with Gasteiger partial charge < -0.3 is 20.6 Å². The lowest BCUT2D eigenvalue weighted by Crippen LogP contribution is -2.38. The number of amides is 2. The van der Waals surface area contributed by atoms with E-state index in [2.05, 4.69) is 15.4 Å². The zero-order valence-electron chi connectivity index (χ0n) is 13.2. The molecule has 0 spiro atoms. The molecule has 0 fully saturated rings. The third kappa shape index (κ3) is 5.23. The Morgan fingerprint density at radius 2 is 1.85 bits per heavy atom. The summed E-state index contributed by atoms with van der Waals surface area (Å²) in [5.74, 6) is -4.67. The molecule has 0 aliphatic carbocycles. The molecule has 10 heteroatoms. The number of esters is 1. The lowest BCUT2D eigenvalue weighted by molar-refractivity contribution is -0.608. The van der Waals surface area contributed by atoms with E-state index in [1.54, 1.807) is 0 Å². The normalized spacial score (nSPS) is 10.1. The molecule has 0 radical (unpaired) electrons. The van der Waals surface area contributed by atoms with Crippen LogP contribution in [0.4, 0.5) is 14.5 Å². The Bertz CT molecular complexity index is 844. The second-order valence-electron chi connectivity index (χ2n) is 4.94. The van der Waals surface area contributed by atoms with Gasteiger partial charge in [0.1, 0.15) is 0 Å². The minimum absolute atomic E-state index is 0.0126. The smallest absolute Gasteiger partial charge is 0.405 e. The van der Waals surface area contributed by atoms with E-state index < -0.39 is 42.6 Å². The molecule has 1 heterocycles. The first kappa shape index (κ1) is 18.8. The number of pyridine rings is 1. The monoisotopic (exact) mass is 365 g/mol. The fourth-order valence-electron chi connectivity index (χ4n) is 1.80. The van der Waals surface area contributed by atoms with Gasteiger partial charge in [-0.2, -0.15) is 4.73 Å². The maximum atomic E-state index is 13.0. The summed E-state index contributed by atoms with van der Waals surface area (Å²) in [6, 6.07) is 6.87. The van der Waals surface area contributed by atoms with E-state index in [1.807, 2.05) is 0 Å². The van der Waals surface area contributed by atoms with Crippen molar-refractivity contribution >= 4 is 23.5 Å². The number of aromatic nitrogens is 1. The van der Waals surface area contributed by atoms with Crippen molar-refractivity contribution in [2.75, 3.05) is 18.5 Å². The topological polar surface area (TPSA) is 111 Å². The van der Waals surface area contributed by atoms with Gasteiger partial charge in [-0.25, -0.2) is 13.6 Å². The van der Waals surface area contributed by atoms with Gasteiger partial charge in [-0.05, 0) is 18.2 Å². The maximum absolute atomic E-state index is 13.0. The SMILES string of the molecule is O=C(COC(=O)c1cccc[n+]1[O-])NCC(=O)Nc1ccc(F)c(F)c1. The lowest BCUT2D eigenvalue weighted by Gasteiger charge is -2.08. The fraction of sp³-hybridized carbons (Fsp3) is 0.125. The predicted octanol–water partition coefficient (Wildman–Crippen LogP) is 0.510. The zero-order valence-corrected chi connectivity index (χ0v) is 13.2. The fourth-order valence-corrected chi connectivity index (χ4v) is 1.80. The molecule has 2 amide bonds. The van der Waals surface area contributed by atoms with Crippen LogP contribution in [0.1, 0.15) is 10.5 Å². The number of hydrogen-bond donors (Lipinski definition) is 2. The van der Waals surface area contributed by atoms with Crippen molar-refractivity contribution in [3.8, 4) is 0 Å². The van der Waals surface area contributed by atoms with Gasteiger partial charge in [-0.3, -0.25) is 9.59 Å². The van der Waals surface area contributed by atoms with Crippen LogP contribution in [0, 0.1) is 16.8 Å². The summed E-state index contributed by atoms with van der Waals surface area (Å²) in [5, 5.41) is 15.8. The minimum Gasteiger partial charge on any atom is -0.618 e. The number of hydrogen-bond acceptors (Lipinski definition) is 5. The Balaban J connectivity index is 1.76. The highest BCUT2D eigenvalue weighted by molar-refractivity contribution is 5.95. The largest absolute Gasteiger partial charge is 0.618 e. The highest BCUT2D eigenvalue weighted by Crippen LogP contribution is 2.12. The van der Waals surface area contributed by atoms with Gasteiger partial charge >= 0.3 is 11.7 Å². The van der Waals surface area contributed by atoms with E-state index in [0.29, 0.717) is 0 Å². The van der Waals surface area contributed by atoms with Crippen LogP contribution in [0.25, 0.3) is 0 Å². The van der Waals surface area contributed by atoms with Crippen molar-refractivity contribution in [3.63, 3.8) is 0 Å². The number of nitrogens with one attached hydrogen (secondary N) is 2. The Kier molecular flexibility index (Phi) is 6.15. The van der Waals surface area contributed by atoms with E-state index in [0.717, 1.165) is 24.4 Å². The second kappa shape index (κ2) is 8.51. The molecule has 1 aromatic heterocycles. The Morgan fingerprint density at radius 1 is 1.08 bits per heavy atom. The Labute approximate surface area is 146 Å². The molecule has 2 N–H and O–H groups in total. The van der Waals surface area contributed by atoms with Crippen LogP contribution >= 0.6 is 0 Å². The highest BCUT2D eigenvalue weighted by atomic mass is 19.2. The third-order valence-corrected chi connectivity index (χ3v) is 3.02. The van der Waals surface area contributed by atoms with E-state index in [1.165, 1.54) is 18.2 Å². The minimum atomic E-state index is -1.13. The molecule has 0 aliphatic heterocycles. The van der Waals surface area contributed by atoms with E-state index in [4.69, 9.17) is 0 Å². The molecule has 0 atom stereocenters. The lowest BCUT2D eigenvalue weighted by atomic mass is 10.3. The summed E-state index contributed by atoms with van der Waals surface area (Å²) in [6.07, 6.45) is 1.10. The third-order valence-electron chi connectivity index (χ3n) is 3.02. The van der Waals surface area contributed by atoms with Gasteiger partial charge in [0.2, 0.25) is 5.91 Å². The molecular weight excluding hydrogens is 352 g/mol. The number of benzene rings is 1. The van der Waals surface area contributed by atoms with Crippen LogP contribution in [0.5, 0.6) is 0 Å². The molecule has 0 bridgehead atoms. The molecule has 136 valence electrons. The average Bonchev–Trinajstić information content (AvgIpc) is 2.61. The number of carbonyl (C=O) groups excluding carboxylic acids is 3. The molecule has 8 nitrogen and oxygen atoms in total. The van der Waals surface area contributed by atoms with Crippen molar-refractivity contribution in [1.82, 2.24) is 5.32 Å². The first-order chi connectivity index (χ1) is 12.4. The molecule has 2 rings (SSSR count). The van der Waals surface area contributed by atoms with Crippen molar-refractivity contribution in [2.45, 2.75) is 0 Å². The molecule has 0 unspecified atom stereocenters. The summed E-state index contributed by atoms with van der Waals surface area (Å²) in [4.78, 5) is 34.8. The molecular formula is C16H13F2N3O5. The number of carbonyl (C=O) groups is 3. The molecule has 0 saturated heterocycles. The summed E-state index contributed by atoms with van der Waals surface area (Å²) >= 11 is 0. The molecule has 1 aromatic carbocycles. The van der Waals surface area contributed by atoms with Gasteiger partial charge in [-0.1, -0.05) is 0 Å². The quantitative estimate of drug-likeness (QED) is 0.440. The number of ether oxygens (including phenoxy) is 1. The number of anilines is 1. The standard InChI is InChI=1S/C16H13F2N3O5/c17-11-5-4-10(7-12(11)18)20-14(22)8-19-15(23)9-26-16(24)13-3-1-2-6-21(13)25/h1-7H,8-9H2,(H,19,23)(H,20,22). The number of nitrogens with zero attached hydrogens (tertiary/aromatic N) is 1. The van der Waals surface area contributed by atoms with Crippen LogP contribution in [-0.2, 0) is 14.3 Å². The number of halogens is 2. The van der Waals surface area contributed by atoms with Gasteiger partial charge in [0.15, 0.2) is 24.4 Å². The first-order valence-electron chi connectivity index (χ1n) is 7.23. The molecule has 0 saturated carbocycles. The summed E-state index contributed by atoms with van der Waals surface area (Å²) in [7, 11) is 0. The van der Waals surface area contributed by atoms with E-state index in [9.17, 15) is 28.4 Å². The molecule has 26 heavy (non-hydrogen) atoms. The number of rotatable bonds is 6. The van der Waals surface area contributed by atoms with E-state index >= 15 is 0 Å².